The summed E-state index contributed by atoms with van der Waals surface area (Å²) in [5.41, 5.74) is 8.54. The van der Waals surface area contributed by atoms with Crippen molar-refractivity contribution in [1.29, 1.82) is 0 Å². The van der Waals surface area contributed by atoms with Gasteiger partial charge in [-0.25, -0.2) is 4.98 Å². The van der Waals surface area contributed by atoms with Gasteiger partial charge in [0.15, 0.2) is 5.76 Å². The van der Waals surface area contributed by atoms with E-state index < -0.39 is 23.5 Å². The van der Waals surface area contributed by atoms with Gasteiger partial charge in [0.2, 0.25) is 11.8 Å². The number of aliphatic hydroxyl groups excluding tert-OH is 1. The van der Waals surface area contributed by atoms with Crippen molar-refractivity contribution < 1.29 is 24.0 Å². The maximum absolute atomic E-state index is 14.2. The van der Waals surface area contributed by atoms with Crippen LogP contribution >= 0.6 is 22.9 Å². The highest BCUT2D eigenvalue weighted by molar-refractivity contribution is 7.13. The van der Waals surface area contributed by atoms with Gasteiger partial charge in [-0.1, -0.05) is 67.9 Å². The first-order chi connectivity index (χ1) is 31.7. The molecule has 3 aliphatic rings. The topological polar surface area (TPSA) is 156 Å². The lowest BCUT2D eigenvalue weighted by atomic mass is 9.77. The number of nitrogens with zero attached hydrogens (tertiary/aromatic N) is 6. The van der Waals surface area contributed by atoms with Crippen LogP contribution in [0.3, 0.4) is 0 Å². The molecule has 6 heterocycles. The number of halogens is 1. The minimum atomic E-state index is -0.823. The Hall–Kier alpha value is -5.41. The van der Waals surface area contributed by atoms with Crippen molar-refractivity contribution in [3.63, 3.8) is 0 Å². The van der Waals surface area contributed by atoms with Gasteiger partial charge in [-0.3, -0.25) is 19.0 Å². The zero-order valence-corrected chi connectivity index (χ0v) is 40.0. The first kappa shape index (κ1) is 45.7. The zero-order valence-electron chi connectivity index (χ0n) is 38.4. The van der Waals surface area contributed by atoms with Gasteiger partial charge >= 0.3 is 0 Å². The fraction of sp³-hybridized carbons (Fsp3) is 0.451. The second kappa shape index (κ2) is 18.7. The Balaban J connectivity index is 0.759. The monoisotopic (exact) mass is 931 g/mol. The third-order valence-corrected chi connectivity index (χ3v) is 15.2. The van der Waals surface area contributed by atoms with Gasteiger partial charge in [-0.15, -0.1) is 11.3 Å². The predicted octanol–water partition coefficient (Wildman–Crippen LogP) is 8.72. The molecule has 1 unspecified atom stereocenters. The summed E-state index contributed by atoms with van der Waals surface area (Å²) < 4.78 is 13.9. The molecule has 3 aromatic heterocycles. The first-order valence-corrected chi connectivity index (χ1v) is 24.4. The van der Waals surface area contributed by atoms with Crippen LogP contribution in [-0.4, -0.2) is 91.3 Å². The minimum Gasteiger partial charge on any atom is -0.476 e. The molecule has 3 aliphatic heterocycles. The summed E-state index contributed by atoms with van der Waals surface area (Å²) in [5, 5.41) is 18.8. The zero-order chi connectivity index (χ0) is 46.4. The quantitative estimate of drug-likeness (QED) is 0.101. The van der Waals surface area contributed by atoms with Crippen molar-refractivity contribution in [3.05, 3.63) is 122 Å². The Morgan fingerprint density at radius 3 is 2.53 bits per heavy atom. The Labute approximate surface area is 394 Å². The van der Waals surface area contributed by atoms with E-state index in [0.717, 1.165) is 84.0 Å². The summed E-state index contributed by atoms with van der Waals surface area (Å²) in [7, 11) is 0. The lowest BCUT2D eigenvalue weighted by molar-refractivity contribution is -0.141. The first-order valence-electron chi connectivity index (χ1n) is 23.2. The van der Waals surface area contributed by atoms with E-state index in [9.17, 15) is 19.5 Å². The van der Waals surface area contributed by atoms with Crippen LogP contribution in [0.4, 0.5) is 0 Å². The van der Waals surface area contributed by atoms with Crippen molar-refractivity contribution in [3.8, 4) is 22.0 Å². The lowest BCUT2D eigenvalue weighted by Gasteiger charge is -2.34. The number of carbonyl (C=O) groups is 2. The van der Waals surface area contributed by atoms with E-state index in [1.807, 2.05) is 69.6 Å². The average Bonchev–Trinajstić information content (AvgIpc) is 4.09. The second-order valence-electron chi connectivity index (χ2n) is 19.1. The minimum absolute atomic E-state index is 0.0581. The second-order valence-corrected chi connectivity index (χ2v) is 20.3. The fourth-order valence-electron chi connectivity index (χ4n) is 10.5. The van der Waals surface area contributed by atoms with Gasteiger partial charge < -0.3 is 29.5 Å². The molecule has 9 rings (SSSR count). The van der Waals surface area contributed by atoms with Crippen LogP contribution in [0, 0.1) is 12.8 Å². The highest BCUT2D eigenvalue weighted by Crippen LogP contribution is 2.48. The van der Waals surface area contributed by atoms with Gasteiger partial charge in [-0.05, 0) is 130 Å². The number of ether oxygens (including phenoxy) is 1. The van der Waals surface area contributed by atoms with E-state index in [1.54, 1.807) is 23.5 Å². The molecule has 0 saturated carbocycles. The molecule has 2 amide bonds. The summed E-state index contributed by atoms with van der Waals surface area (Å²) in [6.45, 7) is 15.6. The average molecular weight is 933 g/mol. The number of unbranched alkanes of at least 4 members (excludes halogenated alkanes) is 1. The number of benzene rings is 3. The predicted molar refractivity (Wildman–Crippen MR) is 257 cm³/mol. The molecule has 2 fully saturated rings. The normalized spacial score (nSPS) is 19.3. The van der Waals surface area contributed by atoms with E-state index in [4.69, 9.17) is 20.9 Å². The highest BCUT2D eigenvalue weighted by atomic mass is 35.5. The number of hydrogen-bond donors (Lipinski definition) is 2. The Kier molecular flexibility index (Phi) is 13.0. The third-order valence-electron chi connectivity index (χ3n) is 13.9. The number of β-amino-alcohol motifs (C(OH)–C–C–N with tert-alkyl or cyclic N) is 1. The van der Waals surface area contributed by atoms with Gasteiger partial charge in [0, 0.05) is 19.0 Å². The van der Waals surface area contributed by atoms with Crippen LogP contribution in [-0.2, 0) is 15.0 Å². The fourth-order valence-corrected chi connectivity index (χ4v) is 11.5. The van der Waals surface area contributed by atoms with Crippen molar-refractivity contribution in [2.75, 3.05) is 32.8 Å². The largest absolute Gasteiger partial charge is 0.476 e. The van der Waals surface area contributed by atoms with Crippen LogP contribution in [0.5, 0.6) is 5.88 Å². The molecule has 4 atom stereocenters. The van der Waals surface area contributed by atoms with E-state index in [1.165, 1.54) is 16.0 Å². The van der Waals surface area contributed by atoms with Gasteiger partial charge in [0.25, 0.3) is 11.4 Å². The molecule has 0 aliphatic carbocycles. The van der Waals surface area contributed by atoms with Gasteiger partial charge in [-0.2, -0.15) is 4.98 Å². The lowest BCUT2D eigenvalue weighted by Crippen LogP contribution is -2.48. The summed E-state index contributed by atoms with van der Waals surface area (Å²) in [4.78, 5) is 55.2. The van der Waals surface area contributed by atoms with E-state index in [0.29, 0.717) is 34.6 Å². The summed E-state index contributed by atoms with van der Waals surface area (Å²) in [6.07, 6.45) is 3.20. The number of thiazole rings is 1. The molecule has 15 heteroatoms. The SMILES string of the molecule is Cc1ncsc1-c1ccc([C@H](C)NC(=O)[C@@H]2C[C@@H](O)CN2C(=O)C(c2cc(OCCCCN3CCC(c4cccc5c4C(C)(C)c4nc(=O)c6c(Cl)cccc6n4-5)CC3)no2)C(C)C)cc1. The standard InChI is InChI=1S/C51H58ClN7O6S/c1-29(2)43(49(63)58-27-35(60)25-40(58)47(61)54-30(3)32-15-17-34(18-16-32)46-31(4)53-28-66-46)41-26-42(56-65-41)64-24-8-7-21-57-22-19-33(20-23-57)36-11-9-14-39-45(36)51(5,6)50-55-48(62)44-37(52)12-10-13-38(44)59(39)50/h9-18,26,28-30,33,35,40,43,60H,7-8,19-25,27H2,1-6H3,(H,54,61)/t30-,35+,40-,43?/m0/s1. The molecule has 0 radical (unpaired) electrons. The smallest absolute Gasteiger partial charge is 0.282 e. The molecule has 2 saturated heterocycles. The number of aromatic nitrogens is 4. The number of nitrogens with one attached hydrogen (secondary N) is 1. The van der Waals surface area contributed by atoms with Crippen LogP contribution in [0.15, 0.2) is 81.6 Å². The molecule has 3 aromatic carbocycles. The van der Waals surface area contributed by atoms with Crippen LogP contribution in [0.25, 0.3) is 27.0 Å². The number of piperidine rings is 1. The summed E-state index contributed by atoms with van der Waals surface area (Å²) >= 11 is 8.10. The number of aliphatic hydroxyl groups is 1. The van der Waals surface area contributed by atoms with Crippen molar-refractivity contribution in [2.45, 2.75) is 109 Å². The Morgan fingerprint density at radius 1 is 1.05 bits per heavy atom. The molecule has 6 aromatic rings. The molecule has 0 bridgehead atoms. The molecule has 2 N–H and O–H groups in total. The van der Waals surface area contributed by atoms with Crippen LogP contribution in [0.2, 0.25) is 5.02 Å². The highest BCUT2D eigenvalue weighted by Gasteiger charge is 2.44. The molecular weight excluding hydrogens is 874 g/mol. The Bertz CT molecular complexity index is 2810. The van der Waals surface area contributed by atoms with Crippen molar-refractivity contribution >= 4 is 45.7 Å². The van der Waals surface area contributed by atoms with Gasteiger partial charge in [0.1, 0.15) is 17.8 Å². The molecule has 66 heavy (non-hydrogen) atoms. The summed E-state index contributed by atoms with van der Waals surface area (Å²) in [5.74, 6) is 0.366. The number of amides is 2. The maximum atomic E-state index is 14.2. The number of carbonyl (C=O) groups excluding carboxylic acids is 2. The number of likely N-dealkylation sites (tertiary alicyclic amines) is 2. The number of aryl methyl sites for hydroxylation is 1. The van der Waals surface area contributed by atoms with E-state index >= 15 is 0 Å². The number of hydrogen-bond acceptors (Lipinski definition) is 11. The molecule has 13 nitrogen and oxygen atoms in total. The third kappa shape index (κ3) is 8.68. The van der Waals surface area contributed by atoms with Crippen LogP contribution < -0.4 is 15.6 Å². The van der Waals surface area contributed by atoms with Crippen LogP contribution in [0.1, 0.15) is 119 Å². The molecular formula is C51H58ClN7O6S. The van der Waals surface area contributed by atoms with E-state index in [-0.39, 0.29) is 42.3 Å². The van der Waals surface area contributed by atoms with Crippen molar-refractivity contribution in [1.82, 2.24) is 34.8 Å². The van der Waals surface area contributed by atoms with E-state index in [2.05, 4.69) is 62.0 Å². The molecule has 346 valence electrons. The van der Waals surface area contributed by atoms with Crippen molar-refractivity contribution in [2.24, 2.45) is 5.92 Å². The summed E-state index contributed by atoms with van der Waals surface area (Å²) in [6, 6.07) is 20.7. The van der Waals surface area contributed by atoms with Gasteiger partial charge in [0.05, 0.1) is 61.9 Å². The molecule has 0 spiro atoms. The number of fused-ring (bicyclic) bond motifs is 5. The maximum Gasteiger partial charge on any atom is 0.282 e. The Morgan fingerprint density at radius 2 is 1.80 bits per heavy atom. The number of rotatable bonds is 14.